The SMILES string of the molecule is CC(c1cc(Cl)cc(Cl)c1F)N1CCCCC1. The van der Waals surface area contributed by atoms with Crippen LogP contribution in [0.2, 0.25) is 10.0 Å². The van der Waals surface area contributed by atoms with Crippen LogP contribution in [0, 0.1) is 5.82 Å². The maximum absolute atomic E-state index is 14.0. The molecule has 0 aromatic heterocycles. The molecule has 1 aromatic carbocycles. The normalized spacial score (nSPS) is 19.3. The molecular formula is C13H16Cl2FN. The molecule has 0 aliphatic carbocycles. The van der Waals surface area contributed by atoms with Gasteiger partial charge in [-0.3, -0.25) is 4.90 Å². The predicted molar refractivity (Wildman–Crippen MR) is 70.3 cm³/mol. The number of likely N-dealkylation sites (tertiary alicyclic amines) is 1. The largest absolute Gasteiger partial charge is 0.297 e. The van der Waals surface area contributed by atoms with Gasteiger partial charge in [0, 0.05) is 16.6 Å². The lowest BCUT2D eigenvalue weighted by Crippen LogP contribution is -2.32. The van der Waals surface area contributed by atoms with Crippen LogP contribution in [0.5, 0.6) is 0 Å². The molecule has 1 aromatic rings. The highest BCUT2D eigenvalue weighted by molar-refractivity contribution is 6.34. The van der Waals surface area contributed by atoms with Gasteiger partial charge in [-0.15, -0.1) is 0 Å². The van der Waals surface area contributed by atoms with Crippen LogP contribution >= 0.6 is 23.2 Å². The van der Waals surface area contributed by atoms with Crippen LogP contribution in [0.3, 0.4) is 0 Å². The molecule has 0 amide bonds. The first-order valence-corrected chi connectivity index (χ1v) is 6.73. The number of hydrogen-bond donors (Lipinski definition) is 0. The summed E-state index contributed by atoms with van der Waals surface area (Å²) in [5.74, 6) is -0.339. The highest BCUT2D eigenvalue weighted by atomic mass is 35.5. The monoisotopic (exact) mass is 275 g/mol. The number of rotatable bonds is 2. The van der Waals surface area contributed by atoms with E-state index in [4.69, 9.17) is 23.2 Å². The first-order chi connectivity index (χ1) is 8.09. The third-order valence-electron chi connectivity index (χ3n) is 3.41. The van der Waals surface area contributed by atoms with E-state index in [-0.39, 0.29) is 16.9 Å². The standard InChI is InChI=1S/C13H16Cl2FN/c1-9(17-5-3-2-4-6-17)11-7-10(14)8-12(15)13(11)16/h7-9H,2-6H2,1H3. The van der Waals surface area contributed by atoms with Gasteiger partial charge in [-0.1, -0.05) is 29.6 Å². The van der Waals surface area contributed by atoms with Crippen LogP contribution < -0.4 is 0 Å². The number of piperidine rings is 1. The molecule has 1 unspecified atom stereocenters. The molecule has 0 radical (unpaired) electrons. The van der Waals surface area contributed by atoms with Gasteiger partial charge < -0.3 is 0 Å². The summed E-state index contributed by atoms with van der Waals surface area (Å²) >= 11 is 11.8. The lowest BCUT2D eigenvalue weighted by atomic mass is 10.0. The van der Waals surface area contributed by atoms with Gasteiger partial charge in [-0.05, 0) is 45.0 Å². The van der Waals surface area contributed by atoms with Gasteiger partial charge >= 0.3 is 0 Å². The summed E-state index contributed by atoms with van der Waals surface area (Å²) in [7, 11) is 0. The zero-order valence-corrected chi connectivity index (χ0v) is 11.4. The quantitative estimate of drug-likeness (QED) is 0.709. The molecule has 1 heterocycles. The molecule has 0 spiro atoms. The highest BCUT2D eigenvalue weighted by Gasteiger charge is 2.22. The molecule has 1 atom stereocenters. The van der Waals surface area contributed by atoms with Gasteiger partial charge in [0.05, 0.1) is 5.02 Å². The van der Waals surface area contributed by atoms with Gasteiger partial charge in [0.25, 0.3) is 0 Å². The van der Waals surface area contributed by atoms with Crippen molar-refractivity contribution in [2.75, 3.05) is 13.1 Å². The summed E-state index contributed by atoms with van der Waals surface area (Å²) in [6, 6.07) is 3.17. The van der Waals surface area contributed by atoms with E-state index in [0.717, 1.165) is 13.1 Å². The molecule has 2 rings (SSSR count). The summed E-state index contributed by atoms with van der Waals surface area (Å²) < 4.78 is 14.0. The first-order valence-electron chi connectivity index (χ1n) is 5.98. The Balaban J connectivity index is 2.26. The maximum Gasteiger partial charge on any atom is 0.146 e. The average Bonchev–Trinajstić information content (AvgIpc) is 2.34. The minimum atomic E-state index is -0.339. The third kappa shape index (κ3) is 2.93. The third-order valence-corrected chi connectivity index (χ3v) is 3.90. The van der Waals surface area contributed by atoms with Gasteiger partial charge in [-0.25, -0.2) is 4.39 Å². The van der Waals surface area contributed by atoms with Crippen molar-refractivity contribution < 1.29 is 4.39 Å². The van der Waals surface area contributed by atoms with Crippen LogP contribution in [0.4, 0.5) is 4.39 Å². The van der Waals surface area contributed by atoms with E-state index in [9.17, 15) is 4.39 Å². The molecule has 17 heavy (non-hydrogen) atoms. The Morgan fingerprint density at radius 2 is 1.82 bits per heavy atom. The second-order valence-electron chi connectivity index (χ2n) is 4.56. The van der Waals surface area contributed by atoms with E-state index >= 15 is 0 Å². The van der Waals surface area contributed by atoms with Gasteiger partial charge in [0.2, 0.25) is 0 Å². The summed E-state index contributed by atoms with van der Waals surface area (Å²) in [5.41, 5.74) is 0.601. The first kappa shape index (κ1) is 13.1. The number of hydrogen-bond acceptors (Lipinski definition) is 1. The van der Waals surface area contributed by atoms with E-state index in [0.29, 0.717) is 10.6 Å². The predicted octanol–water partition coefficient (Wildman–Crippen LogP) is 4.68. The van der Waals surface area contributed by atoms with Crippen molar-refractivity contribution in [1.82, 2.24) is 4.90 Å². The lowest BCUT2D eigenvalue weighted by molar-refractivity contribution is 0.172. The molecule has 0 N–H and O–H groups in total. The molecule has 94 valence electrons. The smallest absolute Gasteiger partial charge is 0.146 e. The van der Waals surface area contributed by atoms with Crippen LogP contribution in [0.1, 0.15) is 37.8 Å². The van der Waals surface area contributed by atoms with Crippen LogP contribution in [-0.2, 0) is 0 Å². The fourth-order valence-corrected chi connectivity index (χ4v) is 2.89. The summed E-state index contributed by atoms with van der Waals surface area (Å²) in [6.45, 7) is 4.05. The van der Waals surface area contributed by atoms with Crippen molar-refractivity contribution in [3.63, 3.8) is 0 Å². The van der Waals surface area contributed by atoms with E-state index in [2.05, 4.69) is 4.90 Å². The van der Waals surface area contributed by atoms with Crippen LogP contribution in [-0.4, -0.2) is 18.0 Å². The van der Waals surface area contributed by atoms with E-state index < -0.39 is 0 Å². The fourth-order valence-electron chi connectivity index (χ4n) is 2.38. The topological polar surface area (TPSA) is 3.24 Å². The van der Waals surface area contributed by atoms with Gasteiger partial charge in [0.1, 0.15) is 5.82 Å². The fraction of sp³-hybridized carbons (Fsp3) is 0.538. The maximum atomic E-state index is 14.0. The van der Waals surface area contributed by atoms with Gasteiger partial charge in [-0.2, -0.15) is 0 Å². The van der Waals surface area contributed by atoms with Crippen molar-refractivity contribution in [3.05, 3.63) is 33.6 Å². The van der Waals surface area contributed by atoms with Crippen molar-refractivity contribution in [2.45, 2.75) is 32.2 Å². The molecule has 1 nitrogen and oxygen atoms in total. The molecular weight excluding hydrogens is 260 g/mol. The molecule has 1 fully saturated rings. The van der Waals surface area contributed by atoms with Crippen LogP contribution in [0.15, 0.2) is 12.1 Å². The second-order valence-corrected chi connectivity index (χ2v) is 5.41. The minimum absolute atomic E-state index is 0.0338. The second kappa shape index (κ2) is 5.55. The minimum Gasteiger partial charge on any atom is -0.297 e. The summed E-state index contributed by atoms with van der Waals surface area (Å²) in [4.78, 5) is 2.29. The zero-order valence-electron chi connectivity index (χ0n) is 9.85. The van der Waals surface area contributed by atoms with Crippen molar-refractivity contribution in [1.29, 1.82) is 0 Å². The Bertz CT molecular complexity index is 403. The molecule has 0 bridgehead atoms. The average molecular weight is 276 g/mol. The van der Waals surface area contributed by atoms with Crippen LogP contribution in [0.25, 0.3) is 0 Å². The molecule has 1 aliphatic rings. The van der Waals surface area contributed by atoms with E-state index in [1.54, 1.807) is 6.07 Å². The van der Waals surface area contributed by atoms with Crippen molar-refractivity contribution in [3.8, 4) is 0 Å². The Morgan fingerprint density at radius 3 is 2.47 bits per heavy atom. The van der Waals surface area contributed by atoms with Crippen molar-refractivity contribution >= 4 is 23.2 Å². The number of nitrogens with zero attached hydrogens (tertiary/aromatic N) is 1. The molecule has 0 saturated carbocycles. The Morgan fingerprint density at radius 1 is 1.18 bits per heavy atom. The van der Waals surface area contributed by atoms with E-state index in [1.165, 1.54) is 25.3 Å². The zero-order chi connectivity index (χ0) is 12.4. The number of benzene rings is 1. The van der Waals surface area contributed by atoms with Crippen molar-refractivity contribution in [2.24, 2.45) is 0 Å². The Kier molecular flexibility index (Phi) is 4.29. The molecule has 4 heteroatoms. The summed E-state index contributed by atoms with van der Waals surface area (Å²) in [5, 5.41) is 0.603. The number of halogens is 3. The Hall–Kier alpha value is -0.310. The molecule has 1 saturated heterocycles. The molecule has 1 aliphatic heterocycles. The van der Waals surface area contributed by atoms with E-state index in [1.807, 2.05) is 6.92 Å². The lowest BCUT2D eigenvalue weighted by Gasteiger charge is -2.32. The summed E-state index contributed by atoms with van der Waals surface area (Å²) in [6.07, 6.45) is 3.63. The van der Waals surface area contributed by atoms with Gasteiger partial charge in [0.15, 0.2) is 0 Å². The highest BCUT2D eigenvalue weighted by Crippen LogP contribution is 2.31. The Labute approximate surface area is 112 Å².